The van der Waals surface area contributed by atoms with Gasteiger partial charge in [0.2, 0.25) is 0 Å². The van der Waals surface area contributed by atoms with Crippen molar-refractivity contribution in [3.63, 3.8) is 0 Å². The van der Waals surface area contributed by atoms with E-state index in [0.717, 1.165) is 18.9 Å². The van der Waals surface area contributed by atoms with E-state index in [-0.39, 0.29) is 22.9 Å². The number of nitrogens with zero attached hydrogens (tertiary/aromatic N) is 1. The molecule has 1 heterocycles. The maximum atomic E-state index is 13.7. The van der Waals surface area contributed by atoms with Crippen molar-refractivity contribution in [2.75, 3.05) is 13.1 Å². The summed E-state index contributed by atoms with van der Waals surface area (Å²) in [7, 11) is 0. The monoisotopic (exact) mass is 313 g/mol. The number of benzene rings is 1. The third kappa shape index (κ3) is 4.17. The quantitative estimate of drug-likeness (QED) is 0.928. The first-order valence-electron chi connectivity index (χ1n) is 6.93. The summed E-state index contributed by atoms with van der Waals surface area (Å²) in [6.45, 7) is 1.07. The van der Waals surface area contributed by atoms with Crippen LogP contribution in [0.5, 0.6) is 0 Å². The van der Waals surface area contributed by atoms with Crippen molar-refractivity contribution < 1.29 is 19.1 Å². The third-order valence-corrected chi connectivity index (χ3v) is 4.06. The zero-order chi connectivity index (χ0) is 15.4. The summed E-state index contributed by atoms with van der Waals surface area (Å²) in [5.74, 6) is -1.42. The van der Waals surface area contributed by atoms with Crippen LogP contribution >= 0.6 is 11.6 Å². The Kier molecular flexibility index (Phi) is 5.17. The lowest BCUT2D eigenvalue weighted by molar-refractivity contribution is -0.137. The Balaban J connectivity index is 1.92. The molecule has 1 amide bonds. The van der Waals surface area contributed by atoms with Gasteiger partial charge in [-0.2, -0.15) is 0 Å². The number of hydrogen-bond donors (Lipinski definition) is 1. The Hall–Kier alpha value is -1.62. The van der Waals surface area contributed by atoms with Crippen LogP contribution in [0.3, 0.4) is 0 Å². The maximum absolute atomic E-state index is 13.7. The van der Waals surface area contributed by atoms with Gasteiger partial charge in [-0.1, -0.05) is 11.6 Å². The van der Waals surface area contributed by atoms with Crippen molar-refractivity contribution in [3.8, 4) is 0 Å². The first-order valence-corrected chi connectivity index (χ1v) is 7.31. The van der Waals surface area contributed by atoms with Gasteiger partial charge in [-0.05, 0) is 43.4 Å². The van der Waals surface area contributed by atoms with Crippen LogP contribution < -0.4 is 0 Å². The van der Waals surface area contributed by atoms with Crippen molar-refractivity contribution in [1.29, 1.82) is 0 Å². The fourth-order valence-corrected chi connectivity index (χ4v) is 2.74. The van der Waals surface area contributed by atoms with Crippen molar-refractivity contribution >= 4 is 23.5 Å². The molecule has 0 unspecified atom stereocenters. The number of aliphatic carboxylic acids is 1. The van der Waals surface area contributed by atoms with Gasteiger partial charge < -0.3 is 10.0 Å². The maximum Gasteiger partial charge on any atom is 0.303 e. The molecule has 21 heavy (non-hydrogen) atoms. The number of carbonyl (C=O) groups excluding carboxylic acids is 1. The van der Waals surface area contributed by atoms with E-state index in [9.17, 15) is 14.0 Å². The number of carbonyl (C=O) groups is 2. The number of rotatable bonds is 4. The number of carboxylic acids is 1. The fourth-order valence-electron chi connectivity index (χ4n) is 2.59. The molecule has 0 saturated carbocycles. The summed E-state index contributed by atoms with van der Waals surface area (Å²) in [6.07, 6.45) is 2.31. The van der Waals surface area contributed by atoms with Gasteiger partial charge in [0.05, 0.1) is 5.56 Å². The summed E-state index contributed by atoms with van der Waals surface area (Å²) >= 11 is 5.67. The molecule has 1 fully saturated rings. The molecule has 1 N–H and O–H groups in total. The Morgan fingerprint density at radius 3 is 2.57 bits per heavy atom. The largest absolute Gasteiger partial charge is 0.481 e. The molecule has 1 aliphatic heterocycles. The molecule has 1 aromatic carbocycles. The average molecular weight is 314 g/mol. The minimum atomic E-state index is -0.795. The zero-order valence-electron chi connectivity index (χ0n) is 11.5. The number of piperidine rings is 1. The predicted octanol–water partition coefficient (Wildman–Crippen LogP) is 3.20. The van der Waals surface area contributed by atoms with E-state index >= 15 is 0 Å². The fraction of sp³-hybridized carbons (Fsp3) is 0.467. The minimum Gasteiger partial charge on any atom is -0.481 e. The van der Waals surface area contributed by atoms with Crippen molar-refractivity contribution in [1.82, 2.24) is 4.90 Å². The lowest BCUT2D eigenvalue weighted by atomic mass is 9.92. The van der Waals surface area contributed by atoms with Gasteiger partial charge >= 0.3 is 5.97 Å². The molecule has 2 rings (SSSR count). The molecule has 0 radical (unpaired) electrons. The smallest absolute Gasteiger partial charge is 0.303 e. The molecule has 1 saturated heterocycles. The van der Waals surface area contributed by atoms with E-state index in [4.69, 9.17) is 16.7 Å². The second-order valence-corrected chi connectivity index (χ2v) is 5.73. The normalized spacial score (nSPS) is 16.0. The number of amides is 1. The number of halogens is 2. The SMILES string of the molecule is O=C(O)CCC1CCN(C(=O)c2ccc(Cl)cc2F)CC1. The van der Waals surface area contributed by atoms with Crippen LogP contribution in [-0.4, -0.2) is 35.0 Å². The van der Waals surface area contributed by atoms with Gasteiger partial charge in [-0.15, -0.1) is 0 Å². The Morgan fingerprint density at radius 2 is 2.00 bits per heavy atom. The van der Waals surface area contributed by atoms with Gasteiger partial charge in [0.1, 0.15) is 5.82 Å². The molecular formula is C15H17ClFNO3. The summed E-state index contributed by atoms with van der Waals surface area (Å²) < 4.78 is 13.7. The first-order chi connectivity index (χ1) is 9.97. The van der Waals surface area contributed by atoms with Crippen LogP contribution in [0.15, 0.2) is 18.2 Å². The van der Waals surface area contributed by atoms with Crippen LogP contribution in [0, 0.1) is 11.7 Å². The van der Waals surface area contributed by atoms with Gasteiger partial charge in [-0.25, -0.2) is 4.39 Å². The second kappa shape index (κ2) is 6.89. The minimum absolute atomic E-state index is 0.0309. The van der Waals surface area contributed by atoms with Crippen molar-refractivity contribution in [3.05, 3.63) is 34.6 Å². The molecule has 0 atom stereocenters. The van der Waals surface area contributed by atoms with Crippen LogP contribution in [0.25, 0.3) is 0 Å². The molecular weight excluding hydrogens is 297 g/mol. The van der Waals surface area contributed by atoms with E-state index in [1.165, 1.54) is 12.1 Å². The van der Waals surface area contributed by atoms with E-state index in [1.54, 1.807) is 4.90 Å². The molecule has 0 spiro atoms. The highest BCUT2D eigenvalue weighted by Crippen LogP contribution is 2.24. The molecule has 1 aromatic rings. The van der Waals surface area contributed by atoms with E-state index < -0.39 is 11.8 Å². The highest BCUT2D eigenvalue weighted by atomic mass is 35.5. The molecule has 0 bridgehead atoms. The van der Waals surface area contributed by atoms with Gasteiger partial charge in [0.25, 0.3) is 5.91 Å². The average Bonchev–Trinajstić information content (AvgIpc) is 2.45. The lowest BCUT2D eigenvalue weighted by Gasteiger charge is -2.32. The standard InChI is InChI=1S/C15H17ClFNO3/c16-11-2-3-12(13(17)9-11)15(21)18-7-5-10(6-8-18)1-4-14(19)20/h2-3,9-10H,1,4-8H2,(H,19,20). The Labute approximate surface area is 127 Å². The topological polar surface area (TPSA) is 57.6 Å². The second-order valence-electron chi connectivity index (χ2n) is 5.29. The van der Waals surface area contributed by atoms with Gasteiger partial charge in [-0.3, -0.25) is 9.59 Å². The van der Waals surface area contributed by atoms with E-state index in [0.29, 0.717) is 25.4 Å². The van der Waals surface area contributed by atoms with Gasteiger partial charge in [0.15, 0.2) is 0 Å². The van der Waals surface area contributed by atoms with Crippen molar-refractivity contribution in [2.24, 2.45) is 5.92 Å². The first kappa shape index (κ1) is 15.8. The van der Waals surface area contributed by atoms with Crippen molar-refractivity contribution in [2.45, 2.75) is 25.7 Å². The summed E-state index contributed by atoms with van der Waals surface area (Å²) in [6, 6.07) is 4.03. The molecule has 114 valence electrons. The van der Waals surface area contributed by atoms with Crippen LogP contribution in [0.4, 0.5) is 4.39 Å². The zero-order valence-corrected chi connectivity index (χ0v) is 12.3. The molecule has 1 aliphatic rings. The Morgan fingerprint density at radius 1 is 1.33 bits per heavy atom. The van der Waals surface area contributed by atoms with Crippen LogP contribution in [0.1, 0.15) is 36.0 Å². The number of likely N-dealkylation sites (tertiary alicyclic amines) is 1. The lowest BCUT2D eigenvalue weighted by Crippen LogP contribution is -2.38. The van der Waals surface area contributed by atoms with E-state index in [1.807, 2.05) is 0 Å². The summed E-state index contributed by atoms with van der Waals surface area (Å²) in [5, 5.41) is 8.93. The molecule has 6 heteroatoms. The predicted molar refractivity (Wildman–Crippen MR) is 76.9 cm³/mol. The number of carboxylic acid groups (broad SMARTS) is 1. The molecule has 4 nitrogen and oxygen atoms in total. The third-order valence-electron chi connectivity index (χ3n) is 3.83. The molecule has 0 aliphatic carbocycles. The molecule has 0 aromatic heterocycles. The highest BCUT2D eigenvalue weighted by Gasteiger charge is 2.25. The summed E-state index contributed by atoms with van der Waals surface area (Å²) in [5.41, 5.74) is 0.0309. The summed E-state index contributed by atoms with van der Waals surface area (Å²) in [4.78, 5) is 24.4. The van der Waals surface area contributed by atoms with Gasteiger partial charge in [0, 0.05) is 24.5 Å². The van der Waals surface area contributed by atoms with E-state index in [2.05, 4.69) is 0 Å². The van der Waals surface area contributed by atoms with Crippen LogP contribution in [-0.2, 0) is 4.79 Å². The Bertz CT molecular complexity index is 542. The highest BCUT2D eigenvalue weighted by molar-refractivity contribution is 6.30. The van der Waals surface area contributed by atoms with Crippen LogP contribution in [0.2, 0.25) is 5.02 Å². The number of hydrogen-bond acceptors (Lipinski definition) is 2.